The molecule has 1 aliphatic rings. The smallest absolute Gasteiger partial charge is 0.412 e. The minimum absolute atomic E-state index is 0.188. The molecule has 1 fully saturated rings. The summed E-state index contributed by atoms with van der Waals surface area (Å²) in [5.41, 5.74) is 0.889. The van der Waals surface area contributed by atoms with Crippen molar-refractivity contribution in [3.05, 3.63) is 23.5 Å². The van der Waals surface area contributed by atoms with Crippen molar-refractivity contribution in [2.75, 3.05) is 12.4 Å². The Balaban J connectivity index is 2.20. The molecule has 0 spiro atoms. The van der Waals surface area contributed by atoms with E-state index in [1.807, 2.05) is 0 Å². The Morgan fingerprint density at radius 3 is 2.48 bits per heavy atom. The number of methoxy groups -OCH3 is 1. The van der Waals surface area contributed by atoms with Gasteiger partial charge in [0.2, 0.25) is 0 Å². The fourth-order valence-electron chi connectivity index (χ4n) is 1.84. The van der Waals surface area contributed by atoms with Gasteiger partial charge in [-0.3, -0.25) is 5.32 Å². The van der Waals surface area contributed by atoms with Crippen molar-refractivity contribution >= 4 is 17.7 Å². The lowest BCUT2D eigenvalue weighted by Crippen LogP contribution is -2.27. The Hall–Kier alpha value is -2.11. The molecule has 1 heterocycles. The molecule has 1 aliphatic carbocycles. The second-order valence-electron chi connectivity index (χ2n) is 6.06. The van der Waals surface area contributed by atoms with Crippen LogP contribution in [-0.2, 0) is 9.47 Å². The molecule has 2 rings (SSSR count). The van der Waals surface area contributed by atoms with E-state index in [1.165, 1.54) is 13.2 Å². The third-order valence-electron chi connectivity index (χ3n) is 2.88. The number of pyridine rings is 1. The average molecular weight is 292 g/mol. The molecular formula is C15H20N2O4. The maximum absolute atomic E-state index is 11.8. The molecular weight excluding hydrogens is 272 g/mol. The second kappa shape index (κ2) is 5.71. The predicted molar refractivity (Wildman–Crippen MR) is 77.4 cm³/mol. The summed E-state index contributed by atoms with van der Waals surface area (Å²) >= 11 is 0. The molecule has 6 nitrogen and oxygen atoms in total. The number of aromatic nitrogens is 1. The number of hydrogen-bond acceptors (Lipinski definition) is 5. The molecule has 0 saturated heterocycles. The third kappa shape index (κ3) is 4.44. The van der Waals surface area contributed by atoms with Crippen LogP contribution in [0.15, 0.2) is 12.1 Å². The summed E-state index contributed by atoms with van der Waals surface area (Å²) in [5.74, 6) is -0.168. The summed E-state index contributed by atoms with van der Waals surface area (Å²) < 4.78 is 9.88. The van der Waals surface area contributed by atoms with E-state index in [0.717, 1.165) is 18.5 Å². The molecule has 6 heteroatoms. The van der Waals surface area contributed by atoms with Crippen LogP contribution in [0, 0.1) is 0 Å². The van der Waals surface area contributed by atoms with Gasteiger partial charge in [0.1, 0.15) is 5.60 Å². The summed E-state index contributed by atoms with van der Waals surface area (Å²) in [6.45, 7) is 5.36. The molecule has 0 unspecified atom stereocenters. The maximum Gasteiger partial charge on any atom is 0.412 e. The minimum Gasteiger partial charge on any atom is -0.464 e. The number of ether oxygens (including phenoxy) is 2. The van der Waals surface area contributed by atoms with Crippen molar-refractivity contribution < 1.29 is 19.1 Å². The lowest BCUT2D eigenvalue weighted by atomic mass is 10.2. The summed E-state index contributed by atoms with van der Waals surface area (Å²) in [6.07, 6.45) is 1.53. The van der Waals surface area contributed by atoms with Crippen LogP contribution < -0.4 is 5.32 Å². The molecule has 1 N–H and O–H groups in total. The fourth-order valence-corrected chi connectivity index (χ4v) is 1.84. The van der Waals surface area contributed by atoms with E-state index in [1.54, 1.807) is 26.8 Å². The Morgan fingerprint density at radius 2 is 1.95 bits per heavy atom. The summed E-state index contributed by atoms with van der Waals surface area (Å²) in [4.78, 5) is 27.7. The number of nitrogens with zero attached hydrogens (tertiary/aromatic N) is 1. The number of amides is 1. The van der Waals surface area contributed by atoms with E-state index >= 15 is 0 Å². The first-order valence-corrected chi connectivity index (χ1v) is 6.89. The van der Waals surface area contributed by atoms with E-state index in [9.17, 15) is 9.59 Å². The van der Waals surface area contributed by atoms with Crippen molar-refractivity contribution in [2.45, 2.75) is 45.1 Å². The number of nitrogens with one attached hydrogen (secondary N) is 1. The Bertz CT molecular complexity index is 559. The SMILES string of the molecule is COC(=O)c1cc(NC(=O)OC(C)(C)C)cc(C2CC2)n1. The van der Waals surface area contributed by atoms with Crippen LogP contribution >= 0.6 is 0 Å². The van der Waals surface area contributed by atoms with Crippen LogP contribution in [0.25, 0.3) is 0 Å². The molecule has 0 atom stereocenters. The second-order valence-corrected chi connectivity index (χ2v) is 6.06. The van der Waals surface area contributed by atoms with Crippen LogP contribution in [-0.4, -0.2) is 29.8 Å². The lowest BCUT2D eigenvalue weighted by Gasteiger charge is -2.20. The van der Waals surface area contributed by atoms with Crippen molar-refractivity contribution in [3.8, 4) is 0 Å². The molecule has 1 saturated carbocycles. The van der Waals surface area contributed by atoms with Crippen molar-refractivity contribution in [3.63, 3.8) is 0 Å². The van der Waals surface area contributed by atoms with Gasteiger partial charge in [0, 0.05) is 17.3 Å². The molecule has 114 valence electrons. The average Bonchev–Trinajstić information content (AvgIpc) is 3.19. The predicted octanol–water partition coefficient (Wildman–Crippen LogP) is 3.09. The number of esters is 1. The van der Waals surface area contributed by atoms with Gasteiger partial charge in [0.25, 0.3) is 0 Å². The summed E-state index contributed by atoms with van der Waals surface area (Å²) in [6, 6.07) is 3.26. The van der Waals surface area contributed by atoms with Crippen molar-refractivity contribution in [2.24, 2.45) is 0 Å². The van der Waals surface area contributed by atoms with E-state index in [0.29, 0.717) is 11.6 Å². The zero-order chi connectivity index (χ0) is 15.6. The van der Waals surface area contributed by atoms with E-state index < -0.39 is 17.7 Å². The van der Waals surface area contributed by atoms with Crippen LogP contribution in [0.1, 0.15) is 55.7 Å². The molecule has 0 aromatic carbocycles. The molecule has 1 aromatic heterocycles. The quantitative estimate of drug-likeness (QED) is 0.866. The van der Waals surface area contributed by atoms with Gasteiger partial charge in [-0.1, -0.05) is 0 Å². The van der Waals surface area contributed by atoms with Gasteiger partial charge in [0.15, 0.2) is 5.69 Å². The number of carbonyl (C=O) groups excluding carboxylic acids is 2. The van der Waals surface area contributed by atoms with Gasteiger partial charge in [0.05, 0.1) is 7.11 Å². The zero-order valence-electron chi connectivity index (χ0n) is 12.7. The van der Waals surface area contributed by atoms with Gasteiger partial charge in [-0.15, -0.1) is 0 Å². The van der Waals surface area contributed by atoms with Crippen LogP contribution in [0.4, 0.5) is 10.5 Å². The number of anilines is 1. The molecule has 0 bridgehead atoms. The number of rotatable bonds is 3. The monoisotopic (exact) mass is 292 g/mol. The fraction of sp³-hybridized carbons (Fsp3) is 0.533. The van der Waals surface area contributed by atoms with Crippen LogP contribution in [0.2, 0.25) is 0 Å². The first-order valence-electron chi connectivity index (χ1n) is 6.89. The maximum atomic E-state index is 11.8. The molecule has 1 amide bonds. The first kappa shape index (κ1) is 15.3. The largest absolute Gasteiger partial charge is 0.464 e. The highest BCUT2D eigenvalue weighted by molar-refractivity contribution is 5.91. The van der Waals surface area contributed by atoms with Crippen LogP contribution in [0.5, 0.6) is 0 Å². The van der Waals surface area contributed by atoms with E-state index in [2.05, 4.69) is 15.0 Å². The van der Waals surface area contributed by atoms with E-state index in [-0.39, 0.29) is 5.69 Å². The highest BCUT2D eigenvalue weighted by Crippen LogP contribution is 2.40. The lowest BCUT2D eigenvalue weighted by molar-refractivity contribution is 0.0589. The Labute approximate surface area is 123 Å². The Morgan fingerprint density at radius 1 is 1.29 bits per heavy atom. The topological polar surface area (TPSA) is 77.5 Å². The normalized spacial score (nSPS) is 14.5. The standard InChI is InChI=1S/C15H20N2O4/c1-15(2,3)21-14(19)16-10-7-11(9-5-6-9)17-12(8-10)13(18)20-4/h7-9H,5-6H2,1-4H3,(H,16,17,19). The number of hydrogen-bond donors (Lipinski definition) is 1. The molecule has 21 heavy (non-hydrogen) atoms. The van der Waals surface area contributed by atoms with Gasteiger partial charge < -0.3 is 9.47 Å². The highest BCUT2D eigenvalue weighted by Gasteiger charge is 2.27. The first-order chi connectivity index (χ1) is 9.78. The van der Waals surface area contributed by atoms with E-state index in [4.69, 9.17) is 4.74 Å². The van der Waals surface area contributed by atoms with Gasteiger partial charge in [-0.25, -0.2) is 14.6 Å². The van der Waals surface area contributed by atoms with Gasteiger partial charge >= 0.3 is 12.1 Å². The van der Waals surface area contributed by atoms with Crippen LogP contribution in [0.3, 0.4) is 0 Å². The summed E-state index contributed by atoms with van der Waals surface area (Å²) in [5, 5.41) is 2.63. The zero-order valence-corrected chi connectivity index (χ0v) is 12.7. The molecule has 0 radical (unpaired) electrons. The minimum atomic E-state index is -0.582. The Kier molecular flexibility index (Phi) is 4.16. The highest BCUT2D eigenvalue weighted by atomic mass is 16.6. The molecule has 0 aliphatic heterocycles. The molecule has 1 aromatic rings. The van der Waals surface area contributed by atoms with Gasteiger partial charge in [-0.05, 0) is 45.7 Å². The summed E-state index contributed by atoms with van der Waals surface area (Å²) in [7, 11) is 1.30. The number of carbonyl (C=O) groups is 2. The van der Waals surface area contributed by atoms with Crippen molar-refractivity contribution in [1.82, 2.24) is 4.98 Å². The third-order valence-corrected chi connectivity index (χ3v) is 2.88. The van der Waals surface area contributed by atoms with Crippen molar-refractivity contribution in [1.29, 1.82) is 0 Å². The van der Waals surface area contributed by atoms with Gasteiger partial charge in [-0.2, -0.15) is 0 Å².